The Balaban J connectivity index is 0.000000980. The minimum atomic E-state index is 0. The average molecular weight is 237 g/mol. The summed E-state index contributed by atoms with van der Waals surface area (Å²) < 4.78 is 0. The molecule has 3 nitrogen and oxygen atoms in total. The summed E-state index contributed by atoms with van der Waals surface area (Å²) >= 11 is 1.81. The Morgan fingerprint density at radius 2 is 2.21 bits per heavy atom. The van der Waals surface area contributed by atoms with Gasteiger partial charge in [-0.1, -0.05) is 0 Å². The lowest BCUT2D eigenvalue weighted by Crippen LogP contribution is -2.49. The van der Waals surface area contributed by atoms with E-state index in [1.165, 1.54) is 19.3 Å². The predicted octanol–water partition coefficient (Wildman–Crippen LogP) is 1.08. The van der Waals surface area contributed by atoms with Gasteiger partial charge in [0.1, 0.15) is 0 Å². The summed E-state index contributed by atoms with van der Waals surface area (Å²) in [5.74, 6) is 2.15. The molecule has 2 aliphatic rings. The van der Waals surface area contributed by atoms with Crippen molar-refractivity contribution < 1.29 is 4.79 Å². The second-order valence-corrected chi connectivity index (χ2v) is 4.84. The van der Waals surface area contributed by atoms with Crippen LogP contribution in [0.25, 0.3) is 0 Å². The summed E-state index contributed by atoms with van der Waals surface area (Å²) in [6.45, 7) is 0. The average Bonchev–Trinajstić information content (AvgIpc) is 2.51. The van der Waals surface area contributed by atoms with Crippen LogP contribution in [0.1, 0.15) is 19.3 Å². The number of amides is 1. The van der Waals surface area contributed by atoms with E-state index in [0.717, 1.165) is 11.6 Å². The van der Waals surface area contributed by atoms with E-state index < -0.39 is 0 Å². The van der Waals surface area contributed by atoms with Crippen molar-refractivity contribution in [2.45, 2.75) is 31.3 Å². The van der Waals surface area contributed by atoms with Gasteiger partial charge in [0.2, 0.25) is 5.91 Å². The van der Waals surface area contributed by atoms with Crippen LogP contribution in [-0.2, 0) is 4.79 Å². The maximum atomic E-state index is 11.8. The van der Waals surface area contributed by atoms with E-state index in [1.54, 1.807) is 11.8 Å². The molecule has 1 atom stereocenters. The Hall–Kier alpha value is 0.0700. The first kappa shape index (κ1) is 12.1. The molecule has 1 saturated carbocycles. The molecule has 5 heteroatoms. The molecule has 1 aliphatic carbocycles. The van der Waals surface area contributed by atoms with E-state index in [1.807, 2.05) is 11.9 Å². The van der Waals surface area contributed by atoms with E-state index >= 15 is 0 Å². The monoisotopic (exact) mass is 236 g/mol. The highest BCUT2D eigenvalue weighted by Crippen LogP contribution is 2.24. The number of nitrogens with one attached hydrogen (secondary N) is 1. The first-order valence-corrected chi connectivity index (χ1v) is 6.02. The molecule has 1 heterocycles. The molecule has 82 valence electrons. The van der Waals surface area contributed by atoms with Crippen molar-refractivity contribution in [1.29, 1.82) is 0 Å². The standard InChI is InChI=1S/C9H16N2OS.ClH/c1-11(7-3-2-4-7)9(12)8-5-13-6-10-8;/h7-8,10H,2-6H2,1H3;1H. The SMILES string of the molecule is CN(C(=O)C1CSCN1)C1CCC1.Cl. The number of nitrogens with zero attached hydrogens (tertiary/aromatic N) is 1. The van der Waals surface area contributed by atoms with Crippen LogP contribution < -0.4 is 5.32 Å². The first-order valence-electron chi connectivity index (χ1n) is 4.87. The lowest BCUT2D eigenvalue weighted by Gasteiger charge is -2.36. The summed E-state index contributed by atoms with van der Waals surface area (Å²) in [6, 6.07) is 0.607. The number of rotatable bonds is 2. The number of hydrogen-bond donors (Lipinski definition) is 1. The van der Waals surface area contributed by atoms with Crippen LogP contribution in [0, 0.1) is 0 Å². The Bertz CT molecular complexity index is 205. The second kappa shape index (κ2) is 5.24. The zero-order valence-electron chi connectivity index (χ0n) is 8.36. The van der Waals surface area contributed by atoms with Crippen molar-refractivity contribution in [2.24, 2.45) is 0 Å². The maximum absolute atomic E-state index is 11.8. The molecule has 1 saturated heterocycles. The van der Waals surface area contributed by atoms with Crippen molar-refractivity contribution in [1.82, 2.24) is 10.2 Å². The molecule has 14 heavy (non-hydrogen) atoms. The fourth-order valence-electron chi connectivity index (χ4n) is 1.75. The van der Waals surface area contributed by atoms with Crippen LogP contribution in [0.5, 0.6) is 0 Å². The molecule has 0 aromatic carbocycles. The van der Waals surface area contributed by atoms with Gasteiger partial charge in [0.05, 0.1) is 6.04 Å². The van der Waals surface area contributed by atoms with Crippen molar-refractivity contribution in [3.63, 3.8) is 0 Å². The van der Waals surface area contributed by atoms with Crippen LogP contribution in [-0.4, -0.2) is 41.6 Å². The topological polar surface area (TPSA) is 32.3 Å². The maximum Gasteiger partial charge on any atom is 0.240 e. The van der Waals surface area contributed by atoms with E-state index in [4.69, 9.17) is 0 Å². The fraction of sp³-hybridized carbons (Fsp3) is 0.889. The molecule has 0 bridgehead atoms. The molecule has 0 aromatic rings. The molecular formula is C9H17ClN2OS. The minimum Gasteiger partial charge on any atom is -0.341 e. The summed E-state index contributed by atoms with van der Waals surface area (Å²) in [5.41, 5.74) is 0. The van der Waals surface area contributed by atoms with Crippen molar-refractivity contribution in [3.8, 4) is 0 Å². The molecule has 0 aromatic heterocycles. The van der Waals surface area contributed by atoms with Crippen molar-refractivity contribution >= 4 is 30.1 Å². The number of carbonyl (C=O) groups excluding carboxylic acids is 1. The van der Waals surface area contributed by atoms with Gasteiger partial charge < -0.3 is 4.90 Å². The van der Waals surface area contributed by atoms with Crippen molar-refractivity contribution in [3.05, 3.63) is 0 Å². The third-order valence-electron chi connectivity index (χ3n) is 2.98. The first-order chi connectivity index (χ1) is 6.29. The van der Waals surface area contributed by atoms with Gasteiger partial charge in [0, 0.05) is 24.7 Å². The predicted molar refractivity (Wildman–Crippen MR) is 61.9 cm³/mol. The number of hydrogen-bond acceptors (Lipinski definition) is 3. The van der Waals surface area contributed by atoms with E-state index in [-0.39, 0.29) is 24.4 Å². The number of likely N-dealkylation sites (N-methyl/N-ethyl adjacent to an activating group) is 1. The van der Waals surface area contributed by atoms with E-state index in [9.17, 15) is 4.79 Å². The molecule has 1 amide bonds. The molecule has 1 N–H and O–H groups in total. The Kier molecular flexibility index (Phi) is 4.54. The third-order valence-corrected chi connectivity index (χ3v) is 3.92. The quantitative estimate of drug-likeness (QED) is 0.779. The van der Waals surface area contributed by atoms with Gasteiger partial charge in [-0.15, -0.1) is 24.2 Å². The van der Waals surface area contributed by atoms with Crippen LogP contribution >= 0.6 is 24.2 Å². The lowest BCUT2D eigenvalue weighted by molar-refractivity contribution is -0.134. The van der Waals surface area contributed by atoms with Gasteiger partial charge in [0.25, 0.3) is 0 Å². The lowest BCUT2D eigenvalue weighted by atomic mass is 9.91. The number of halogens is 1. The van der Waals surface area contributed by atoms with E-state index in [2.05, 4.69) is 5.32 Å². The second-order valence-electron chi connectivity index (χ2n) is 3.81. The number of thioether (sulfide) groups is 1. The van der Waals surface area contributed by atoms with Crippen LogP contribution in [0.3, 0.4) is 0 Å². The van der Waals surface area contributed by atoms with Gasteiger partial charge in [-0.05, 0) is 19.3 Å². The Labute approximate surface area is 95.4 Å². The summed E-state index contributed by atoms with van der Waals surface area (Å²) in [6.07, 6.45) is 3.68. The highest BCUT2D eigenvalue weighted by Gasteiger charge is 2.31. The van der Waals surface area contributed by atoms with Gasteiger partial charge in [-0.3, -0.25) is 10.1 Å². The van der Waals surface area contributed by atoms with Crippen LogP contribution in [0.4, 0.5) is 0 Å². The Morgan fingerprint density at radius 3 is 2.64 bits per heavy atom. The normalized spacial score (nSPS) is 26.5. The fourth-order valence-corrected chi connectivity index (χ4v) is 2.69. The summed E-state index contributed by atoms with van der Waals surface area (Å²) in [7, 11) is 1.94. The molecule has 1 unspecified atom stereocenters. The smallest absolute Gasteiger partial charge is 0.240 e. The number of carbonyl (C=O) groups is 1. The zero-order valence-corrected chi connectivity index (χ0v) is 10.00. The van der Waals surface area contributed by atoms with Crippen molar-refractivity contribution in [2.75, 3.05) is 18.7 Å². The molecular weight excluding hydrogens is 220 g/mol. The van der Waals surface area contributed by atoms with Gasteiger partial charge in [-0.2, -0.15) is 0 Å². The third kappa shape index (κ3) is 2.35. The van der Waals surface area contributed by atoms with E-state index in [0.29, 0.717) is 6.04 Å². The molecule has 2 rings (SSSR count). The summed E-state index contributed by atoms with van der Waals surface area (Å²) in [4.78, 5) is 13.8. The largest absolute Gasteiger partial charge is 0.341 e. The molecule has 0 radical (unpaired) electrons. The minimum absolute atomic E-state index is 0. The summed E-state index contributed by atoms with van der Waals surface area (Å²) in [5, 5.41) is 3.21. The Morgan fingerprint density at radius 1 is 1.50 bits per heavy atom. The van der Waals surface area contributed by atoms with Gasteiger partial charge in [0.15, 0.2) is 0 Å². The highest BCUT2D eigenvalue weighted by molar-refractivity contribution is 7.99. The molecule has 1 aliphatic heterocycles. The van der Waals surface area contributed by atoms with Crippen LogP contribution in [0.2, 0.25) is 0 Å². The van der Waals surface area contributed by atoms with Crippen LogP contribution in [0.15, 0.2) is 0 Å². The zero-order chi connectivity index (χ0) is 9.26. The highest BCUT2D eigenvalue weighted by atomic mass is 35.5. The molecule has 2 fully saturated rings. The molecule has 0 spiro atoms. The van der Waals surface area contributed by atoms with Gasteiger partial charge >= 0.3 is 0 Å². The van der Waals surface area contributed by atoms with Gasteiger partial charge in [-0.25, -0.2) is 0 Å².